The lowest BCUT2D eigenvalue weighted by atomic mass is 10.1. The Balaban J connectivity index is 1.63. The van der Waals surface area contributed by atoms with Crippen LogP contribution in [-0.4, -0.2) is 56.4 Å². The van der Waals surface area contributed by atoms with Crippen LogP contribution in [0.25, 0.3) is 0 Å². The van der Waals surface area contributed by atoms with Gasteiger partial charge in [-0.25, -0.2) is 4.79 Å². The van der Waals surface area contributed by atoms with Gasteiger partial charge < -0.3 is 19.6 Å². The molecule has 3 rings (SSSR count). The van der Waals surface area contributed by atoms with Gasteiger partial charge in [0, 0.05) is 38.6 Å². The summed E-state index contributed by atoms with van der Waals surface area (Å²) in [5, 5.41) is 24.1. The van der Waals surface area contributed by atoms with Crippen molar-refractivity contribution in [3.05, 3.63) is 51.8 Å². The molecule has 1 aromatic heterocycles. The molecule has 2 aromatic rings. The first-order valence-corrected chi connectivity index (χ1v) is 9.64. The van der Waals surface area contributed by atoms with E-state index < -0.39 is 40.4 Å². The quantitative estimate of drug-likeness (QED) is 0.369. The molecule has 0 spiro atoms. The number of carbonyl (C=O) groups is 1. The number of rotatable bonds is 7. The summed E-state index contributed by atoms with van der Waals surface area (Å²) in [7, 11) is 0. The van der Waals surface area contributed by atoms with Crippen molar-refractivity contribution in [2.75, 3.05) is 13.1 Å². The van der Waals surface area contributed by atoms with Crippen LogP contribution >= 0.6 is 0 Å². The highest BCUT2D eigenvalue weighted by Crippen LogP contribution is 2.34. The molecule has 1 saturated heterocycles. The minimum atomic E-state index is -4.44. The fourth-order valence-corrected chi connectivity index (χ4v) is 3.04. The van der Waals surface area contributed by atoms with E-state index in [0.717, 1.165) is 18.5 Å². The molecular formula is C19H18F3N5O6. The Morgan fingerprint density at radius 2 is 1.88 bits per heavy atom. The molecule has 0 atom stereocenters. The summed E-state index contributed by atoms with van der Waals surface area (Å²) in [5.41, 5.74) is -0.911. The van der Waals surface area contributed by atoms with Gasteiger partial charge in [0.25, 0.3) is 0 Å². The van der Waals surface area contributed by atoms with Gasteiger partial charge in [0.1, 0.15) is 12.4 Å². The van der Waals surface area contributed by atoms with E-state index in [9.17, 15) is 28.1 Å². The highest BCUT2D eigenvalue weighted by Gasteiger charge is 2.31. The first kappa shape index (κ1) is 23.7. The lowest BCUT2D eigenvalue weighted by Gasteiger charge is -2.29. The number of nitro groups is 1. The minimum absolute atomic E-state index is 0.114. The highest BCUT2D eigenvalue weighted by atomic mass is 19.4. The fourth-order valence-electron chi connectivity index (χ4n) is 3.04. The molecule has 0 aliphatic carbocycles. The van der Waals surface area contributed by atoms with Crippen LogP contribution in [-0.2, 0) is 12.6 Å². The van der Waals surface area contributed by atoms with Gasteiger partial charge in [-0.05, 0) is 17.7 Å². The summed E-state index contributed by atoms with van der Waals surface area (Å²) in [6, 6.07) is 4.43. The van der Waals surface area contributed by atoms with Crippen molar-refractivity contribution in [2.45, 2.75) is 31.5 Å². The number of aromatic nitrogens is 2. The predicted molar refractivity (Wildman–Crippen MR) is 106 cm³/mol. The van der Waals surface area contributed by atoms with Crippen molar-refractivity contribution in [3.8, 4) is 11.8 Å². The summed E-state index contributed by atoms with van der Waals surface area (Å²) < 4.78 is 43.4. The summed E-state index contributed by atoms with van der Waals surface area (Å²) in [6.07, 6.45) is -2.98. The van der Waals surface area contributed by atoms with Gasteiger partial charge in [0.2, 0.25) is 0 Å². The Morgan fingerprint density at radius 1 is 1.24 bits per heavy atom. The number of oxime groups is 1. The predicted octanol–water partition coefficient (Wildman–Crippen LogP) is 3.53. The van der Waals surface area contributed by atoms with Crippen LogP contribution in [0.4, 0.5) is 23.7 Å². The standard InChI is InChI=1S/C19H18F3N5O6/c20-19(21,22)13-3-1-12(2-4-13)5-8-25-33-17-15(27(30)31)16(23-11-24-17)32-14-6-9-26(10-7-14)18(28)29/h1-4,8,11,14H,5-7,9-10H2,(H,28,29). The second-order valence-electron chi connectivity index (χ2n) is 6.95. The molecule has 2 heterocycles. The van der Waals surface area contributed by atoms with Crippen LogP contribution in [0.5, 0.6) is 11.8 Å². The number of halogens is 3. The first-order valence-electron chi connectivity index (χ1n) is 9.64. The van der Waals surface area contributed by atoms with Crippen LogP contribution in [0, 0.1) is 10.1 Å². The van der Waals surface area contributed by atoms with Crippen LogP contribution in [0.15, 0.2) is 35.7 Å². The molecule has 0 unspecified atom stereocenters. The van der Waals surface area contributed by atoms with Gasteiger partial charge >= 0.3 is 29.7 Å². The molecule has 11 nitrogen and oxygen atoms in total. The molecule has 1 aliphatic rings. The summed E-state index contributed by atoms with van der Waals surface area (Å²) >= 11 is 0. The minimum Gasteiger partial charge on any atom is -0.469 e. The molecule has 33 heavy (non-hydrogen) atoms. The maximum Gasteiger partial charge on any atom is 0.416 e. The van der Waals surface area contributed by atoms with E-state index in [0.29, 0.717) is 18.4 Å². The molecule has 1 aromatic carbocycles. The van der Waals surface area contributed by atoms with Crippen molar-refractivity contribution in [2.24, 2.45) is 5.16 Å². The lowest BCUT2D eigenvalue weighted by molar-refractivity contribution is -0.387. The maximum atomic E-state index is 12.6. The van der Waals surface area contributed by atoms with E-state index in [4.69, 9.17) is 14.7 Å². The Hall–Kier alpha value is -3.97. The summed E-state index contributed by atoms with van der Waals surface area (Å²) in [4.78, 5) is 35.4. The molecule has 1 fully saturated rings. The number of hydrogen-bond donors (Lipinski definition) is 1. The Kier molecular flexibility index (Phi) is 7.25. The number of amides is 1. The average molecular weight is 469 g/mol. The molecule has 14 heteroatoms. The number of hydrogen-bond acceptors (Lipinski definition) is 8. The Bertz CT molecular complexity index is 1020. The van der Waals surface area contributed by atoms with Crippen LogP contribution in [0.3, 0.4) is 0 Å². The lowest BCUT2D eigenvalue weighted by Crippen LogP contribution is -2.41. The smallest absolute Gasteiger partial charge is 0.416 e. The van der Waals surface area contributed by atoms with Crippen molar-refractivity contribution in [3.63, 3.8) is 0 Å². The van der Waals surface area contributed by atoms with Crippen LogP contribution < -0.4 is 9.57 Å². The fraction of sp³-hybridized carbons (Fsp3) is 0.368. The van der Waals surface area contributed by atoms with Crippen LogP contribution in [0.2, 0.25) is 0 Å². The second-order valence-corrected chi connectivity index (χ2v) is 6.95. The Labute approximate surface area is 184 Å². The Morgan fingerprint density at radius 3 is 2.45 bits per heavy atom. The van der Waals surface area contributed by atoms with Gasteiger partial charge in [-0.1, -0.05) is 17.3 Å². The van der Waals surface area contributed by atoms with E-state index in [1.807, 2.05) is 0 Å². The van der Waals surface area contributed by atoms with Gasteiger partial charge in [-0.15, -0.1) is 0 Å². The molecule has 1 aliphatic heterocycles. The van der Waals surface area contributed by atoms with Crippen LogP contribution in [0.1, 0.15) is 24.0 Å². The molecule has 1 amide bonds. The zero-order valence-electron chi connectivity index (χ0n) is 16.9. The van der Waals surface area contributed by atoms with E-state index in [1.165, 1.54) is 23.2 Å². The topological polar surface area (TPSA) is 140 Å². The van der Waals surface area contributed by atoms with E-state index >= 15 is 0 Å². The zero-order valence-corrected chi connectivity index (χ0v) is 16.9. The van der Waals surface area contributed by atoms with Gasteiger partial charge in [-0.2, -0.15) is 23.1 Å². The first-order chi connectivity index (χ1) is 15.6. The third-order valence-electron chi connectivity index (χ3n) is 4.75. The third-order valence-corrected chi connectivity index (χ3v) is 4.75. The van der Waals surface area contributed by atoms with E-state index in [1.54, 1.807) is 0 Å². The third kappa shape index (κ3) is 6.27. The molecule has 0 bridgehead atoms. The van der Waals surface area contributed by atoms with E-state index in [-0.39, 0.29) is 25.4 Å². The molecular weight excluding hydrogens is 451 g/mol. The average Bonchev–Trinajstić information content (AvgIpc) is 2.76. The van der Waals surface area contributed by atoms with Crippen molar-refractivity contribution < 1.29 is 37.6 Å². The number of piperidine rings is 1. The molecule has 0 radical (unpaired) electrons. The molecule has 1 N–H and O–H groups in total. The number of nitrogens with zero attached hydrogens (tertiary/aromatic N) is 5. The zero-order chi connectivity index (χ0) is 24.0. The van der Waals surface area contributed by atoms with Crippen molar-refractivity contribution in [1.29, 1.82) is 0 Å². The highest BCUT2D eigenvalue weighted by molar-refractivity contribution is 5.65. The second kappa shape index (κ2) is 10.1. The van der Waals surface area contributed by atoms with Crippen molar-refractivity contribution in [1.82, 2.24) is 14.9 Å². The number of benzene rings is 1. The number of likely N-dealkylation sites (tertiary alicyclic amines) is 1. The van der Waals surface area contributed by atoms with Gasteiger partial charge in [0.05, 0.1) is 10.5 Å². The largest absolute Gasteiger partial charge is 0.469 e. The number of ether oxygens (including phenoxy) is 1. The SMILES string of the molecule is O=C(O)N1CCC(Oc2ncnc(ON=CCc3ccc(C(F)(F)F)cc3)c2[N+](=O)[O-])CC1. The summed E-state index contributed by atoms with van der Waals surface area (Å²) in [6.45, 7) is 0.437. The van der Waals surface area contributed by atoms with Gasteiger partial charge in [0.15, 0.2) is 0 Å². The molecule has 176 valence electrons. The number of alkyl halides is 3. The maximum absolute atomic E-state index is 12.6. The molecule has 0 saturated carbocycles. The van der Waals surface area contributed by atoms with Gasteiger partial charge in [-0.3, -0.25) is 10.1 Å². The van der Waals surface area contributed by atoms with Crippen molar-refractivity contribution >= 4 is 18.0 Å². The van der Waals surface area contributed by atoms with E-state index in [2.05, 4.69) is 15.1 Å². The monoisotopic (exact) mass is 469 g/mol. The normalized spacial score (nSPS) is 14.9. The summed E-state index contributed by atoms with van der Waals surface area (Å²) in [5.74, 6) is -0.812. The number of carboxylic acid groups (broad SMARTS) is 1.